The molecule has 3 rings (SSSR count). The van der Waals surface area contributed by atoms with Crippen LogP contribution in [0.25, 0.3) is 5.13 Å². The van der Waals surface area contributed by atoms with Crippen molar-refractivity contribution in [2.24, 2.45) is 0 Å². The Morgan fingerprint density at radius 3 is 2.63 bits per heavy atom. The van der Waals surface area contributed by atoms with E-state index < -0.39 is 0 Å². The molecular formula is C21H22N2O3S. The maximum atomic E-state index is 12.6. The minimum absolute atomic E-state index is 0.0452. The van der Waals surface area contributed by atoms with Crippen LogP contribution in [-0.2, 0) is 9.53 Å². The monoisotopic (exact) mass is 382 g/mol. The summed E-state index contributed by atoms with van der Waals surface area (Å²) >= 11 is 1.51. The minimum atomic E-state index is -0.367. The molecule has 0 radical (unpaired) electrons. The Kier molecular flexibility index (Phi) is 5.86. The molecule has 0 bridgehead atoms. The number of rotatable bonds is 7. The lowest BCUT2D eigenvalue weighted by Crippen LogP contribution is -2.16. The quantitative estimate of drug-likeness (QED) is 0.447. The van der Waals surface area contributed by atoms with E-state index in [2.05, 4.69) is 4.98 Å². The minimum Gasteiger partial charge on any atom is -0.457 e. The first-order chi connectivity index (χ1) is 13.0. The molecule has 0 aliphatic carbocycles. The second kappa shape index (κ2) is 8.31. The predicted octanol–water partition coefficient (Wildman–Crippen LogP) is 4.47. The molecule has 140 valence electrons. The molecule has 0 fully saturated rings. The first kappa shape index (κ1) is 19.0. The van der Waals surface area contributed by atoms with E-state index in [9.17, 15) is 9.59 Å². The Morgan fingerprint density at radius 1 is 1.22 bits per heavy atom. The third kappa shape index (κ3) is 4.34. The van der Waals surface area contributed by atoms with Gasteiger partial charge in [0.2, 0.25) is 5.78 Å². The van der Waals surface area contributed by atoms with Gasteiger partial charge in [0, 0.05) is 28.5 Å². The van der Waals surface area contributed by atoms with E-state index in [1.54, 1.807) is 6.20 Å². The van der Waals surface area contributed by atoms with Crippen LogP contribution >= 0.6 is 11.3 Å². The molecule has 0 aliphatic rings. The van der Waals surface area contributed by atoms with E-state index >= 15 is 0 Å². The van der Waals surface area contributed by atoms with Crippen molar-refractivity contribution in [2.45, 2.75) is 33.1 Å². The summed E-state index contributed by atoms with van der Waals surface area (Å²) in [5, 5.41) is 2.71. The number of hydrogen-bond acceptors (Lipinski definition) is 5. The van der Waals surface area contributed by atoms with Gasteiger partial charge >= 0.3 is 5.97 Å². The molecule has 6 heteroatoms. The summed E-state index contributed by atoms with van der Waals surface area (Å²) in [4.78, 5) is 29.0. The van der Waals surface area contributed by atoms with Crippen molar-refractivity contribution in [3.05, 3.63) is 70.5 Å². The Bertz CT molecular complexity index is 930. The molecule has 2 aromatic heterocycles. The number of carbonyl (C=O) groups excluding carboxylic acids is 2. The first-order valence-corrected chi connectivity index (χ1v) is 9.68. The van der Waals surface area contributed by atoms with Crippen LogP contribution in [0.15, 0.2) is 48.0 Å². The Hall–Kier alpha value is -2.73. The Balaban J connectivity index is 1.61. The number of nitrogens with zero attached hydrogens (tertiary/aromatic N) is 2. The highest BCUT2D eigenvalue weighted by molar-refractivity contribution is 7.12. The molecule has 5 nitrogen and oxygen atoms in total. The second-order valence-corrected chi connectivity index (χ2v) is 7.41. The first-order valence-electron chi connectivity index (χ1n) is 8.80. The number of Topliss-reactive ketones (excluding diaryl/α,β-unsaturated/α-hetero) is 1. The predicted molar refractivity (Wildman–Crippen MR) is 106 cm³/mol. The van der Waals surface area contributed by atoms with Crippen LogP contribution in [0.5, 0.6) is 0 Å². The standard InChI is InChI=1S/C21H22N2O3S/c1-14(17-7-5-4-6-8-17)11-20(25)26-13-19(24)18-12-15(2)23(16(18)3)21-22-9-10-27-21/h4-10,12,14H,11,13H2,1-3H3. The molecule has 1 atom stereocenters. The Labute approximate surface area is 162 Å². The summed E-state index contributed by atoms with van der Waals surface area (Å²) in [5.41, 5.74) is 3.37. The summed E-state index contributed by atoms with van der Waals surface area (Å²) in [6, 6.07) is 11.6. The van der Waals surface area contributed by atoms with Gasteiger partial charge in [0.1, 0.15) is 0 Å². The van der Waals surface area contributed by atoms with Crippen molar-refractivity contribution >= 4 is 23.1 Å². The van der Waals surface area contributed by atoms with Gasteiger partial charge in [-0.3, -0.25) is 14.2 Å². The average molecular weight is 382 g/mol. The SMILES string of the molecule is Cc1cc(C(=O)COC(=O)CC(C)c2ccccc2)c(C)n1-c1nccs1. The molecule has 0 saturated heterocycles. The van der Waals surface area contributed by atoms with E-state index in [0.29, 0.717) is 5.56 Å². The van der Waals surface area contributed by atoms with Crippen molar-refractivity contribution in [3.8, 4) is 5.13 Å². The third-order valence-corrected chi connectivity index (χ3v) is 5.30. The van der Waals surface area contributed by atoms with Crippen molar-refractivity contribution in [3.63, 3.8) is 0 Å². The maximum absolute atomic E-state index is 12.6. The lowest BCUT2D eigenvalue weighted by Gasteiger charge is -2.11. The van der Waals surface area contributed by atoms with Gasteiger partial charge in [-0.1, -0.05) is 37.3 Å². The van der Waals surface area contributed by atoms with E-state index in [-0.39, 0.29) is 30.7 Å². The summed E-state index contributed by atoms with van der Waals surface area (Å²) in [7, 11) is 0. The lowest BCUT2D eigenvalue weighted by molar-refractivity contribution is -0.142. The van der Waals surface area contributed by atoms with Gasteiger partial charge < -0.3 is 4.74 Å². The van der Waals surface area contributed by atoms with Crippen LogP contribution in [0.3, 0.4) is 0 Å². The van der Waals surface area contributed by atoms with Gasteiger partial charge in [-0.15, -0.1) is 11.3 Å². The number of thiazole rings is 1. The largest absolute Gasteiger partial charge is 0.457 e. The second-order valence-electron chi connectivity index (χ2n) is 6.53. The summed E-state index contributed by atoms with van der Waals surface area (Å²) in [6.45, 7) is 5.53. The highest BCUT2D eigenvalue weighted by Crippen LogP contribution is 2.23. The van der Waals surface area contributed by atoms with Crippen molar-refractivity contribution < 1.29 is 14.3 Å². The molecule has 0 N–H and O–H groups in total. The summed E-state index contributed by atoms with van der Waals surface area (Å²) in [6.07, 6.45) is 1.98. The average Bonchev–Trinajstić information content (AvgIpc) is 3.28. The number of carbonyl (C=O) groups is 2. The van der Waals surface area contributed by atoms with Crippen molar-refractivity contribution in [1.82, 2.24) is 9.55 Å². The fourth-order valence-electron chi connectivity index (χ4n) is 3.10. The molecule has 0 saturated carbocycles. The zero-order chi connectivity index (χ0) is 19.4. The molecule has 0 amide bonds. The van der Waals surface area contributed by atoms with E-state index in [1.165, 1.54) is 11.3 Å². The van der Waals surface area contributed by atoms with Crippen LogP contribution in [0.2, 0.25) is 0 Å². The van der Waals surface area contributed by atoms with Crippen LogP contribution in [0, 0.1) is 13.8 Å². The topological polar surface area (TPSA) is 61.2 Å². The maximum Gasteiger partial charge on any atom is 0.306 e. The zero-order valence-electron chi connectivity index (χ0n) is 15.6. The van der Waals surface area contributed by atoms with Gasteiger partial charge in [-0.25, -0.2) is 4.98 Å². The summed E-state index contributed by atoms with van der Waals surface area (Å²) in [5.74, 6) is -0.524. The number of benzene rings is 1. The molecule has 1 aromatic carbocycles. The van der Waals surface area contributed by atoms with Crippen molar-refractivity contribution in [1.29, 1.82) is 0 Å². The number of aromatic nitrogens is 2. The zero-order valence-corrected chi connectivity index (χ0v) is 16.5. The van der Waals surface area contributed by atoms with Gasteiger partial charge in [0.15, 0.2) is 11.7 Å². The molecule has 3 aromatic rings. The van der Waals surface area contributed by atoms with Crippen molar-refractivity contribution in [2.75, 3.05) is 6.61 Å². The summed E-state index contributed by atoms with van der Waals surface area (Å²) < 4.78 is 7.18. The highest BCUT2D eigenvalue weighted by atomic mass is 32.1. The molecule has 27 heavy (non-hydrogen) atoms. The smallest absolute Gasteiger partial charge is 0.306 e. The van der Waals surface area contributed by atoms with Gasteiger partial charge in [-0.2, -0.15) is 0 Å². The van der Waals surface area contributed by atoms with E-state index in [4.69, 9.17) is 4.74 Å². The molecule has 1 unspecified atom stereocenters. The van der Waals surface area contributed by atoms with Gasteiger partial charge in [0.05, 0.1) is 6.42 Å². The normalized spacial score (nSPS) is 12.0. The number of ether oxygens (including phenoxy) is 1. The number of aryl methyl sites for hydroxylation is 1. The van der Waals surface area contributed by atoms with Crippen LogP contribution in [0.1, 0.15) is 46.6 Å². The van der Waals surface area contributed by atoms with Crippen LogP contribution in [0.4, 0.5) is 0 Å². The molecule has 2 heterocycles. The third-order valence-electron chi connectivity index (χ3n) is 4.55. The molecule has 0 spiro atoms. The van der Waals surface area contributed by atoms with E-state index in [1.807, 2.05) is 67.1 Å². The number of ketones is 1. The van der Waals surface area contributed by atoms with Gasteiger partial charge in [0.25, 0.3) is 0 Å². The number of esters is 1. The van der Waals surface area contributed by atoms with Crippen LogP contribution in [-0.4, -0.2) is 27.9 Å². The fraction of sp³-hybridized carbons (Fsp3) is 0.286. The molecular weight excluding hydrogens is 360 g/mol. The highest BCUT2D eigenvalue weighted by Gasteiger charge is 2.20. The number of hydrogen-bond donors (Lipinski definition) is 0. The molecule has 0 aliphatic heterocycles. The van der Waals surface area contributed by atoms with Crippen LogP contribution < -0.4 is 0 Å². The Morgan fingerprint density at radius 2 is 1.96 bits per heavy atom. The van der Waals surface area contributed by atoms with Gasteiger partial charge in [-0.05, 0) is 31.4 Å². The fourth-order valence-corrected chi connectivity index (χ4v) is 3.85. The lowest BCUT2D eigenvalue weighted by atomic mass is 9.98. The van der Waals surface area contributed by atoms with E-state index in [0.717, 1.165) is 22.1 Å².